The first-order valence-electron chi connectivity index (χ1n) is 17.9. The van der Waals surface area contributed by atoms with E-state index in [1.165, 1.54) is 19.3 Å². The molecule has 0 spiro atoms. The molecule has 3 aromatic carbocycles. The van der Waals surface area contributed by atoms with Crippen LogP contribution in [-0.2, 0) is 37.1 Å². The number of hydrogen-bond acceptors (Lipinski definition) is 18. The summed E-state index contributed by atoms with van der Waals surface area (Å²) in [5.41, 5.74) is -4.40. The lowest BCUT2D eigenvalue weighted by Crippen LogP contribution is -2.29. The number of benzene rings is 3. The highest BCUT2D eigenvalue weighted by Gasteiger charge is 2.42. The number of carbonyl (C=O) groups excluding carboxylic acids is 3. The van der Waals surface area contributed by atoms with Crippen LogP contribution < -0.4 is 10.3 Å². The topological polar surface area (TPSA) is 308 Å². The molecule has 3 heterocycles. The van der Waals surface area contributed by atoms with E-state index in [9.17, 15) is 59.6 Å². The van der Waals surface area contributed by atoms with Gasteiger partial charge >= 0.3 is 5.97 Å². The Morgan fingerprint density at radius 1 is 0.918 bits per heavy atom. The molecule has 5 aromatic rings. The van der Waals surface area contributed by atoms with Crippen LogP contribution in [0, 0.1) is 40.5 Å². The van der Waals surface area contributed by atoms with Crippen molar-refractivity contribution in [2.45, 2.75) is 45.6 Å². The standard InChI is InChI=1S/C37H26BN7O16/c1-3-30(22-12-29-33-18(13-41(29)35(47)25(22)14-58-15-46)6-17-7-21(59-37(38)49)4-5-26(17)39-33)60-36(48)16(2)61-40-34-23-8-19(42(50)51)10-27(44(54)55)31(23)32-24(34)9-20(43(52)53)11-28(32)45(56)57/h4-12,15-16,30H,3,13-14,38H2,1-2H3/t16-,30+/m1/s1. The van der Waals surface area contributed by atoms with Gasteiger partial charge in [0.25, 0.3) is 34.8 Å². The van der Waals surface area contributed by atoms with E-state index in [1.807, 2.05) is 0 Å². The number of hydrogen-bond donors (Lipinski definition) is 0. The highest BCUT2D eigenvalue weighted by molar-refractivity contribution is 6.55. The number of fused-ring (bicyclic) bond motifs is 7. The van der Waals surface area contributed by atoms with Crippen LogP contribution in [0.4, 0.5) is 27.5 Å². The maximum Gasteiger partial charge on any atom is 0.350 e. The van der Waals surface area contributed by atoms with Crippen molar-refractivity contribution < 1.29 is 53.1 Å². The summed E-state index contributed by atoms with van der Waals surface area (Å²) >= 11 is 0. The Bertz CT molecular complexity index is 2830. The summed E-state index contributed by atoms with van der Waals surface area (Å²) in [7, 11) is 1.26. The fourth-order valence-corrected chi connectivity index (χ4v) is 7.19. The van der Waals surface area contributed by atoms with Crippen molar-refractivity contribution in [2.24, 2.45) is 5.16 Å². The summed E-state index contributed by atoms with van der Waals surface area (Å²) in [5, 5.41) is 52.4. The molecule has 0 saturated heterocycles. The Morgan fingerprint density at radius 3 is 2.08 bits per heavy atom. The Morgan fingerprint density at radius 2 is 1.54 bits per heavy atom. The Labute approximate surface area is 340 Å². The van der Waals surface area contributed by atoms with Gasteiger partial charge in [0.05, 0.1) is 72.0 Å². The highest BCUT2D eigenvalue weighted by atomic mass is 16.7. The number of pyridine rings is 2. The van der Waals surface area contributed by atoms with E-state index in [0.29, 0.717) is 45.7 Å². The molecule has 0 unspecified atom stereocenters. The van der Waals surface area contributed by atoms with Gasteiger partial charge in [-0.3, -0.25) is 54.8 Å². The Hall–Kier alpha value is -8.44. The van der Waals surface area contributed by atoms with Crippen molar-refractivity contribution in [1.82, 2.24) is 9.55 Å². The van der Waals surface area contributed by atoms with Gasteiger partial charge in [-0.15, -0.1) is 0 Å². The predicted octanol–water partition coefficient (Wildman–Crippen LogP) is 4.70. The normalized spacial score (nSPS) is 12.9. The molecule has 0 fully saturated rings. The summed E-state index contributed by atoms with van der Waals surface area (Å²) in [6, 6.07) is 11.0. The van der Waals surface area contributed by atoms with Crippen LogP contribution in [0.3, 0.4) is 0 Å². The van der Waals surface area contributed by atoms with Crippen LogP contribution in [0.5, 0.6) is 5.75 Å². The molecule has 61 heavy (non-hydrogen) atoms. The minimum absolute atomic E-state index is 0.0237. The fraction of sp³-hybridized carbons (Fsp3) is 0.189. The number of ether oxygens (including phenoxy) is 3. The number of carbonyl (C=O) groups is 3. The Kier molecular flexibility index (Phi) is 10.5. The van der Waals surface area contributed by atoms with Crippen molar-refractivity contribution in [3.63, 3.8) is 0 Å². The monoisotopic (exact) mass is 835 g/mol. The minimum Gasteiger partial charge on any atom is -0.463 e. The number of oxime groups is 1. The second kappa shape index (κ2) is 15.7. The zero-order valence-electron chi connectivity index (χ0n) is 31.7. The molecule has 0 N–H and O–H groups in total. The number of non-ortho nitro benzene ring substituents is 2. The van der Waals surface area contributed by atoms with Gasteiger partial charge in [-0.1, -0.05) is 12.1 Å². The molecule has 2 aliphatic rings. The quantitative estimate of drug-likeness (QED) is 0.0471. The third-order valence-corrected chi connectivity index (χ3v) is 9.82. The van der Waals surface area contributed by atoms with Gasteiger partial charge in [0.1, 0.15) is 24.2 Å². The number of nitrogens with zero attached hydrogens (tertiary/aromatic N) is 7. The molecule has 2 atom stereocenters. The van der Waals surface area contributed by atoms with Gasteiger partial charge in [0.2, 0.25) is 19.8 Å². The van der Waals surface area contributed by atoms with Crippen molar-refractivity contribution >= 4 is 65.5 Å². The molecule has 1 aliphatic heterocycles. The molecular weight excluding hydrogens is 809 g/mol. The third kappa shape index (κ3) is 7.32. The highest BCUT2D eigenvalue weighted by Crippen LogP contribution is 2.50. The second-order valence-electron chi connectivity index (χ2n) is 13.5. The summed E-state index contributed by atoms with van der Waals surface area (Å²) in [6.45, 7) is 2.52. The molecular formula is C37H26BN7O16. The van der Waals surface area contributed by atoms with Gasteiger partial charge < -0.3 is 23.6 Å². The molecule has 23 nitrogen and oxygen atoms in total. The van der Waals surface area contributed by atoms with E-state index >= 15 is 0 Å². The van der Waals surface area contributed by atoms with Crippen LogP contribution in [0.15, 0.2) is 64.5 Å². The number of nitro groups is 4. The van der Waals surface area contributed by atoms with E-state index in [4.69, 9.17) is 24.0 Å². The molecule has 24 heteroatoms. The lowest BCUT2D eigenvalue weighted by Gasteiger charge is -2.22. The lowest BCUT2D eigenvalue weighted by atomic mass is 10.00. The number of nitro benzene ring substituents is 4. The van der Waals surface area contributed by atoms with Crippen LogP contribution in [0.1, 0.15) is 54.2 Å². The van der Waals surface area contributed by atoms with Gasteiger partial charge in [-0.05, 0) is 43.7 Å². The first-order chi connectivity index (χ1) is 29.0. The predicted molar refractivity (Wildman–Crippen MR) is 210 cm³/mol. The molecule has 1 aliphatic carbocycles. The molecule has 0 bridgehead atoms. The first kappa shape index (κ1) is 40.8. The van der Waals surface area contributed by atoms with Gasteiger partial charge in [-0.2, -0.15) is 0 Å². The van der Waals surface area contributed by atoms with Gasteiger partial charge in [-0.25, -0.2) is 9.78 Å². The Balaban J connectivity index is 1.25. The summed E-state index contributed by atoms with van der Waals surface area (Å²) in [4.78, 5) is 105. The molecule has 0 saturated carbocycles. The number of aromatic nitrogens is 2. The summed E-state index contributed by atoms with van der Waals surface area (Å²) in [5.74, 6) is -1.32. The lowest BCUT2D eigenvalue weighted by molar-refractivity contribution is -0.395. The number of esters is 1. The second-order valence-corrected chi connectivity index (χ2v) is 13.5. The largest absolute Gasteiger partial charge is 0.463 e. The molecule has 308 valence electrons. The fourth-order valence-electron chi connectivity index (χ4n) is 7.19. The number of rotatable bonds is 14. The molecule has 0 radical (unpaired) electrons. The molecule has 7 rings (SSSR count). The zero-order chi connectivity index (χ0) is 44.0. The van der Waals surface area contributed by atoms with Crippen LogP contribution >= 0.6 is 0 Å². The van der Waals surface area contributed by atoms with Crippen LogP contribution in [-0.4, -0.2) is 67.2 Å². The van der Waals surface area contributed by atoms with Crippen molar-refractivity contribution in [2.75, 3.05) is 0 Å². The van der Waals surface area contributed by atoms with E-state index in [2.05, 4.69) is 5.16 Å². The van der Waals surface area contributed by atoms with Crippen molar-refractivity contribution in [3.05, 3.63) is 133 Å². The van der Waals surface area contributed by atoms with Gasteiger partial charge in [0.15, 0.2) is 0 Å². The van der Waals surface area contributed by atoms with Crippen molar-refractivity contribution in [3.8, 4) is 28.3 Å². The van der Waals surface area contributed by atoms with Gasteiger partial charge in [0, 0.05) is 39.8 Å². The maximum atomic E-state index is 14.0. The summed E-state index contributed by atoms with van der Waals surface area (Å²) < 4.78 is 17.4. The first-order valence-corrected chi connectivity index (χ1v) is 17.9. The van der Waals surface area contributed by atoms with Crippen molar-refractivity contribution in [1.29, 1.82) is 0 Å². The van der Waals surface area contributed by atoms with E-state index in [-0.39, 0.29) is 30.6 Å². The third-order valence-electron chi connectivity index (χ3n) is 9.82. The van der Waals surface area contributed by atoms with Crippen LogP contribution in [0.2, 0.25) is 0 Å². The van der Waals surface area contributed by atoms with E-state index in [1.54, 1.807) is 37.3 Å². The summed E-state index contributed by atoms with van der Waals surface area (Å²) in [6.07, 6.45) is -2.77. The minimum atomic E-state index is -1.65. The smallest absolute Gasteiger partial charge is 0.350 e. The van der Waals surface area contributed by atoms with E-state index in [0.717, 1.165) is 12.1 Å². The maximum absolute atomic E-state index is 14.0. The van der Waals surface area contributed by atoms with E-state index < -0.39 is 107 Å². The average molecular weight is 835 g/mol. The molecule has 0 amide bonds. The van der Waals surface area contributed by atoms with Crippen LogP contribution in [0.25, 0.3) is 33.4 Å². The SMILES string of the molecule is BC(=O)Oc1ccc2nc3c(cc2c1)Cn1c-3cc([C@H](CC)OC(=O)[C@@H](C)ON=C2c3cc([N+](=O)[O-])cc([N+](=O)[O-])c3-c3c2cc([N+](=O)[O-])cc3[N+](=O)[O-])c(COC=O)c1=O. The molecule has 2 aromatic heterocycles. The zero-order valence-corrected chi connectivity index (χ0v) is 31.7. The average Bonchev–Trinajstić information content (AvgIpc) is 3.73.